The van der Waals surface area contributed by atoms with Crippen LogP contribution in [0.3, 0.4) is 0 Å². The van der Waals surface area contributed by atoms with E-state index in [1.807, 2.05) is 31.2 Å². The number of nitrogens with one attached hydrogen (secondary N) is 1. The molecule has 0 radical (unpaired) electrons. The number of carbonyl (C=O) groups is 1. The molecule has 1 unspecified atom stereocenters. The minimum Gasteiger partial charge on any atom is -0.487 e. The third-order valence-corrected chi connectivity index (χ3v) is 5.38. The van der Waals surface area contributed by atoms with E-state index in [-0.39, 0.29) is 11.9 Å². The van der Waals surface area contributed by atoms with E-state index in [0.29, 0.717) is 16.5 Å². The average Bonchev–Trinajstić information content (AvgIpc) is 3.17. The number of nitrogens with zero attached hydrogens (tertiary/aromatic N) is 3. The molecule has 3 rings (SSSR count). The number of anilines is 1. The van der Waals surface area contributed by atoms with Gasteiger partial charge in [0.15, 0.2) is 5.06 Å². The highest BCUT2D eigenvalue weighted by molar-refractivity contribution is 7.15. The first kappa shape index (κ1) is 19.8. The van der Waals surface area contributed by atoms with Crippen molar-refractivity contribution >= 4 is 23.1 Å². The molecule has 0 saturated heterocycles. The summed E-state index contributed by atoms with van der Waals surface area (Å²) >= 11 is 1.29. The molecule has 1 N–H and O–H groups in total. The van der Waals surface area contributed by atoms with Gasteiger partial charge in [0.2, 0.25) is 0 Å². The van der Waals surface area contributed by atoms with Gasteiger partial charge in [-0.1, -0.05) is 18.3 Å². The van der Waals surface area contributed by atoms with Crippen LogP contribution < -0.4 is 10.1 Å². The van der Waals surface area contributed by atoms with Crippen LogP contribution in [-0.4, -0.2) is 41.7 Å². The Kier molecular flexibility index (Phi) is 6.20. The van der Waals surface area contributed by atoms with Gasteiger partial charge in [0.05, 0.1) is 19.9 Å². The second-order valence-electron chi connectivity index (χ2n) is 6.31. The van der Waals surface area contributed by atoms with Crippen LogP contribution >= 0.6 is 11.3 Å². The number of ether oxygens (including phenoxy) is 2. The number of methoxy groups -OCH3 is 2. The average molecular weight is 398 g/mol. The number of carbonyl (C=O) groups excluding carboxylic acids is 1. The van der Waals surface area contributed by atoms with Crippen molar-refractivity contribution in [3.63, 3.8) is 0 Å². The summed E-state index contributed by atoms with van der Waals surface area (Å²) in [5.41, 5.74) is 3.66. The Morgan fingerprint density at radius 3 is 2.71 bits per heavy atom. The predicted molar refractivity (Wildman–Crippen MR) is 109 cm³/mol. The Labute approximate surface area is 167 Å². The molecule has 0 fully saturated rings. The SMILES string of the molecule is COC(=O)c1cc(C(C)CNc2cc(-c3ccc(C)nc3)ncn2)c(OC)s1. The predicted octanol–water partition coefficient (Wildman–Crippen LogP) is 3.92. The number of aromatic nitrogens is 3. The van der Waals surface area contributed by atoms with Gasteiger partial charge in [-0.3, -0.25) is 4.98 Å². The number of pyridine rings is 1. The minimum atomic E-state index is -0.359. The largest absolute Gasteiger partial charge is 0.487 e. The molecule has 1 atom stereocenters. The number of hydrogen-bond donors (Lipinski definition) is 1. The fraction of sp³-hybridized carbons (Fsp3) is 0.300. The molecule has 3 aromatic heterocycles. The second kappa shape index (κ2) is 8.79. The fourth-order valence-corrected chi connectivity index (χ4v) is 3.70. The van der Waals surface area contributed by atoms with Crippen LogP contribution in [0.2, 0.25) is 0 Å². The van der Waals surface area contributed by atoms with Gasteiger partial charge in [-0.25, -0.2) is 14.8 Å². The van der Waals surface area contributed by atoms with Crippen molar-refractivity contribution in [2.24, 2.45) is 0 Å². The number of aryl methyl sites for hydroxylation is 1. The van der Waals surface area contributed by atoms with E-state index in [0.717, 1.165) is 28.3 Å². The summed E-state index contributed by atoms with van der Waals surface area (Å²) in [5.74, 6) is 0.464. The smallest absolute Gasteiger partial charge is 0.348 e. The monoisotopic (exact) mass is 398 g/mol. The van der Waals surface area contributed by atoms with E-state index < -0.39 is 0 Å². The topological polar surface area (TPSA) is 86.2 Å². The zero-order valence-electron chi connectivity index (χ0n) is 16.2. The quantitative estimate of drug-likeness (QED) is 0.604. The first-order valence-corrected chi connectivity index (χ1v) is 9.58. The van der Waals surface area contributed by atoms with Gasteiger partial charge in [-0.05, 0) is 25.1 Å². The van der Waals surface area contributed by atoms with E-state index >= 15 is 0 Å². The van der Waals surface area contributed by atoms with E-state index in [1.54, 1.807) is 13.3 Å². The van der Waals surface area contributed by atoms with Gasteiger partial charge in [0.1, 0.15) is 17.0 Å². The normalized spacial score (nSPS) is 11.7. The Hall–Kier alpha value is -3.00. The Bertz CT molecular complexity index is 956. The maximum Gasteiger partial charge on any atom is 0.348 e. The summed E-state index contributed by atoms with van der Waals surface area (Å²) in [7, 11) is 2.97. The molecule has 0 bridgehead atoms. The highest BCUT2D eigenvalue weighted by Crippen LogP contribution is 2.36. The van der Waals surface area contributed by atoms with Crippen LogP contribution in [0.15, 0.2) is 36.8 Å². The summed E-state index contributed by atoms with van der Waals surface area (Å²) in [6.07, 6.45) is 3.33. The van der Waals surface area contributed by atoms with E-state index in [1.165, 1.54) is 24.8 Å². The zero-order valence-corrected chi connectivity index (χ0v) is 17.0. The molecule has 0 aliphatic rings. The fourth-order valence-electron chi connectivity index (χ4n) is 2.69. The number of rotatable bonds is 7. The molecule has 28 heavy (non-hydrogen) atoms. The van der Waals surface area contributed by atoms with Gasteiger partial charge in [-0.2, -0.15) is 0 Å². The third-order valence-electron chi connectivity index (χ3n) is 4.29. The van der Waals surface area contributed by atoms with E-state index in [4.69, 9.17) is 9.47 Å². The number of hydrogen-bond acceptors (Lipinski definition) is 8. The molecular formula is C20H22N4O3S. The van der Waals surface area contributed by atoms with E-state index in [9.17, 15) is 4.79 Å². The van der Waals surface area contributed by atoms with Gasteiger partial charge in [0, 0.05) is 41.5 Å². The van der Waals surface area contributed by atoms with Crippen molar-refractivity contribution in [3.05, 3.63) is 52.9 Å². The summed E-state index contributed by atoms with van der Waals surface area (Å²) in [6, 6.07) is 7.66. The highest BCUT2D eigenvalue weighted by Gasteiger charge is 2.20. The van der Waals surface area contributed by atoms with Gasteiger partial charge < -0.3 is 14.8 Å². The van der Waals surface area contributed by atoms with Crippen LogP contribution in [0.4, 0.5) is 5.82 Å². The summed E-state index contributed by atoms with van der Waals surface area (Å²) < 4.78 is 10.2. The molecule has 0 spiro atoms. The molecular weight excluding hydrogens is 376 g/mol. The van der Waals surface area contributed by atoms with Crippen molar-refractivity contribution in [1.82, 2.24) is 15.0 Å². The van der Waals surface area contributed by atoms with Crippen molar-refractivity contribution in [2.75, 3.05) is 26.1 Å². The van der Waals surface area contributed by atoms with Crippen LogP contribution in [0.25, 0.3) is 11.3 Å². The standard InChI is InChI=1S/C20H22N4O3S/c1-12(15-7-17(19(25)26-3)28-20(15)27-4)9-22-18-8-16(23-11-24-18)14-6-5-13(2)21-10-14/h5-8,10-12H,9H2,1-4H3,(H,22,23,24). The minimum absolute atomic E-state index is 0.101. The third kappa shape index (κ3) is 4.45. The van der Waals surface area contributed by atoms with Crippen LogP contribution in [0, 0.1) is 6.92 Å². The summed E-state index contributed by atoms with van der Waals surface area (Å²) in [6.45, 7) is 4.63. The Morgan fingerprint density at radius 2 is 2.04 bits per heavy atom. The van der Waals surface area contributed by atoms with E-state index in [2.05, 4.69) is 27.2 Å². The molecule has 0 saturated carbocycles. The van der Waals surface area contributed by atoms with Gasteiger partial charge in [-0.15, -0.1) is 0 Å². The zero-order chi connectivity index (χ0) is 20.1. The lowest BCUT2D eigenvalue weighted by atomic mass is 10.0. The number of thiophene rings is 1. The molecule has 0 amide bonds. The first-order chi connectivity index (χ1) is 13.5. The number of esters is 1. The van der Waals surface area contributed by atoms with Crippen LogP contribution in [0.1, 0.15) is 33.8 Å². The molecule has 146 valence electrons. The molecule has 0 aliphatic carbocycles. The Balaban J connectivity index is 1.72. The van der Waals surface area contributed by atoms with Gasteiger partial charge >= 0.3 is 5.97 Å². The maximum atomic E-state index is 11.8. The van der Waals surface area contributed by atoms with Crippen molar-refractivity contribution < 1.29 is 14.3 Å². The lowest BCUT2D eigenvalue weighted by Crippen LogP contribution is -2.11. The molecule has 8 heteroatoms. The molecule has 7 nitrogen and oxygen atoms in total. The lowest BCUT2D eigenvalue weighted by Gasteiger charge is -2.14. The molecule has 3 aromatic rings. The summed E-state index contributed by atoms with van der Waals surface area (Å²) in [4.78, 5) is 25.2. The molecule has 0 aromatic carbocycles. The van der Waals surface area contributed by atoms with Crippen molar-refractivity contribution in [2.45, 2.75) is 19.8 Å². The maximum absolute atomic E-state index is 11.8. The van der Waals surface area contributed by atoms with Crippen LogP contribution in [0.5, 0.6) is 5.06 Å². The Morgan fingerprint density at radius 1 is 1.21 bits per heavy atom. The first-order valence-electron chi connectivity index (χ1n) is 8.76. The molecule has 0 aliphatic heterocycles. The van der Waals surface area contributed by atoms with Crippen molar-refractivity contribution in [3.8, 4) is 16.3 Å². The highest BCUT2D eigenvalue weighted by atomic mass is 32.1. The van der Waals surface area contributed by atoms with Crippen molar-refractivity contribution in [1.29, 1.82) is 0 Å². The van der Waals surface area contributed by atoms with Gasteiger partial charge in [0.25, 0.3) is 0 Å². The lowest BCUT2D eigenvalue weighted by molar-refractivity contribution is 0.0606. The van der Waals surface area contributed by atoms with Crippen LogP contribution in [-0.2, 0) is 4.74 Å². The second-order valence-corrected chi connectivity index (χ2v) is 7.32. The molecule has 3 heterocycles. The summed E-state index contributed by atoms with van der Waals surface area (Å²) in [5, 5.41) is 4.04.